The van der Waals surface area contributed by atoms with Gasteiger partial charge >= 0.3 is 5.97 Å². The Hall–Kier alpha value is -2.95. The molecule has 0 radical (unpaired) electrons. The lowest BCUT2D eigenvalue weighted by molar-refractivity contribution is -0.152. The summed E-state index contributed by atoms with van der Waals surface area (Å²) in [6.07, 6.45) is -1.05. The predicted octanol–water partition coefficient (Wildman–Crippen LogP) is 1.83. The number of ether oxygens (including phenoxy) is 3. The van der Waals surface area contributed by atoms with Gasteiger partial charge in [0.1, 0.15) is 5.75 Å². The summed E-state index contributed by atoms with van der Waals surface area (Å²) < 4.78 is 42.4. The van der Waals surface area contributed by atoms with Gasteiger partial charge in [-0.15, -0.1) is 0 Å². The van der Waals surface area contributed by atoms with E-state index in [-0.39, 0.29) is 24.4 Å². The number of carbonyl (C=O) groups is 2. The molecule has 2 aromatic rings. The third kappa shape index (κ3) is 6.06. The smallest absolute Gasteiger partial charge is 0.311 e. The Balaban J connectivity index is 1.58. The summed E-state index contributed by atoms with van der Waals surface area (Å²) in [6, 6.07) is 12.9. The maximum absolute atomic E-state index is 12.8. The van der Waals surface area contributed by atoms with Crippen molar-refractivity contribution < 1.29 is 32.2 Å². The second kappa shape index (κ2) is 10.6. The van der Waals surface area contributed by atoms with Crippen LogP contribution in [-0.4, -0.2) is 64.1 Å². The molecule has 0 spiro atoms. The Labute approximate surface area is 187 Å². The molecular weight excluding hydrogens is 436 g/mol. The van der Waals surface area contributed by atoms with E-state index in [0.29, 0.717) is 24.7 Å². The van der Waals surface area contributed by atoms with E-state index in [1.165, 1.54) is 23.4 Å². The summed E-state index contributed by atoms with van der Waals surface area (Å²) in [5.74, 6) is -0.441. The Morgan fingerprint density at radius 1 is 1.12 bits per heavy atom. The Kier molecular flexibility index (Phi) is 7.84. The van der Waals surface area contributed by atoms with Crippen molar-refractivity contribution in [3.05, 3.63) is 54.1 Å². The highest BCUT2D eigenvalue weighted by Gasteiger charge is 2.27. The van der Waals surface area contributed by atoms with E-state index in [1.54, 1.807) is 43.5 Å². The summed E-state index contributed by atoms with van der Waals surface area (Å²) in [5.41, 5.74) is 1.02. The molecule has 1 fully saturated rings. The quantitative estimate of drug-likeness (QED) is 0.596. The van der Waals surface area contributed by atoms with Gasteiger partial charge in [0, 0.05) is 18.8 Å². The number of hydrogen-bond acceptors (Lipinski definition) is 7. The van der Waals surface area contributed by atoms with Crippen LogP contribution in [0.4, 0.5) is 5.69 Å². The Morgan fingerprint density at radius 2 is 1.81 bits per heavy atom. The number of nitrogens with zero attached hydrogens (tertiary/aromatic N) is 1. The van der Waals surface area contributed by atoms with Gasteiger partial charge in [-0.3, -0.25) is 9.59 Å². The van der Waals surface area contributed by atoms with Crippen molar-refractivity contribution in [1.29, 1.82) is 0 Å². The van der Waals surface area contributed by atoms with Crippen LogP contribution in [0.5, 0.6) is 5.75 Å². The highest BCUT2D eigenvalue weighted by molar-refractivity contribution is 7.89. The highest BCUT2D eigenvalue weighted by atomic mass is 32.2. The van der Waals surface area contributed by atoms with Gasteiger partial charge in [0.2, 0.25) is 10.0 Å². The van der Waals surface area contributed by atoms with Crippen LogP contribution in [0.3, 0.4) is 0 Å². The van der Waals surface area contributed by atoms with Crippen molar-refractivity contribution >= 4 is 27.6 Å². The zero-order valence-electron chi connectivity index (χ0n) is 17.9. The number of amides is 1. The first-order valence-electron chi connectivity index (χ1n) is 10.1. The van der Waals surface area contributed by atoms with Crippen molar-refractivity contribution in [3.63, 3.8) is 0 Å². The lowest BCUT2D eigenvalue weighted by Gasteiger charge is -2.26. The summed E-state index contributed by atoms with van der Waals surface area (Å²) in [7, 11) is -2.14. The minimum absolute atomic E-state index is 0.00882. The number of benzene rings is 2. The number of sulfonamides is 1. The number of hydrogen-bond donors (Lipinski definition) is 1. The second-order valence-corrected chi connectivity index (χ2v) is 9.13. The molecule has 2 aromatic carbocycles. The van der Waals surface area contributed by atoms with Gasteiger partial charge in [0.05, 0.1) is 31.6 Å². The molecule has 1 heterocycles. The SMILES string of the molecule is COc1ccc(CC(=O)O[C@H](C)C(=O)Nc2cccc(S(=O)(=O)N3CCOCC3)c2)cc1. The third-order valence-electron chi connectivity index (χ3n) is 4.89. The number of nitrogens with one attached hydrogen (secondary N) is 1. The monoisotopic (exact) mass is 462 g/mol. The van der Waals surface area contributed by atoms with Crippen LogP contribution >= 0.6 is 0 Å². The normalized spacial score (nSPS) is 15.6. The fraction of sp³-hybridized carbons (Fsp3) is 0.364. The molecule has 0 aromatic heterocycles. The van der Waals surface area contributed by atoms with Crippen LogP contribution in [0.1, 0.15) is 12.5 Å². The molecule has 1 amide bonds. The Morgan fingerprint density at radius 3 is 2.47 bits per heavy atom. The van der Waals surface area contributed by atoms with Crippen LogP contribution in [-0.2, 0) is 35.5 Å². The van der Waals surface area contributed by atoms with Crippen LogP contribution < -0.4 is 10.1 Å². The molecule has 3 rings (SSSR count). The molecule has 1 atom stereocenters. The fourth-order valence-corrected chi connectivity index (χ4v) is 4.57. The molecule has 10 heteroatoms. The molecule has 0 saturated carbocycles. The third-order valence-corrected chi connectivity index (χ3v) is 6.79. The molecule has 1 aliphatic rings. The molecular formula is C22H26N2O7S. The molecule has 1 N–H and O–H groups in total. The minimum atomic E-state index is -3.69. The highest BCUT2D eigenvalue weighted by Crippen LogP contribution is 2.21. The van der Waals surface area contributed by atoms with E-state index in [9.17, 15) is 18.0 Å². The molecule has 32 heavy (non-hydrogen) atoms. The molecule has 9 nitrogen and oxygen atoms in total. The largest absolute Gasteiger partial charge is 0.497 e. The average molecular weight is 463 g/mol. The average Bonchev–Trinajstić information content (AvgIpc) is 2.80. The molecule has 0 bridgehead atoms. The van der Waals surface area contributed by atoms with Crippen molar-refractivity contribution in [3.8, 4) is 5.75 Å². The van der Waals surface area contributed by atoms with Crippen molar-refractivity contribution in [2.45, 2.75) is 24.3 Å². The first-order chi connectivity index (χ1) is 15.3. The number of morpholine rings is 1. The topological polar surface area (TPSA) is 111 Å². The zero-order valence-corrected chi connectivity index (χ0v) is 18.8. The summed E-state index contributed by atoms with van der Waals surface area (Å²) >= 11 is 0. The number of anilines is 1. The van der Waals surface area contributed by atoms with Crippen molar-refractivity contribution in [2.75, 3.05) is 38.7 Å². The van der Waals surface area contributed by atoms with Crippen molar-refractivity contribution in [1.82, 2.24) is 4.31 Å². The van der Waals surface area contributed by atoms with Gasteiger partial charge in [-0.25, -0.2) is 8.42 Å². The maximum Gasteiger partial charge on any atom is 0.311 e. The molecule has 172 valence electrons. The zero-order chi connectivity index (χ0) is 23.1. The first kappa shape index (κ1) is 23.7. The summed E-state index contributed by atoms with van der Waals surface area (Å²) in [5, 5.41) is 2.60. The second-order valence-electron chi connectivity index (χ2n) is 7.19. The van der Waals surface area contributed by atoms with Crippen LogP contribution in [0.2, 0.25) is 0 Å². The fourth-order valence-electron chi connectivity index (χ4n) is 3.12. The van der Waals surface area contributed by atoms with Gasteiger partial charge in [-0.1, -0.05) is 18.2 Å². The number of rotatable bonds is 8. The van der Waals surface area contributed by atoms with E-state index in [1.807, 2.05) is 0 Å². The predicted molar refractivity (Wildman–Crippen MR) is 117 cm³/mol. The lowest BCUT2D eigenvalue weighted by atomic mass is 10.1. The van der Waals surface area contributed by atoms with Gasteiger partial charge in [0.15, 0.2) is 6.10 Å². The maximum atomic E-state index is 12.8. The first-order valence-corrected chi connectivity index (χ1v) is 11.5. The molecule has 1 saturated heterocycles. The number of esters is 1. The number of methoxy groups -OCH3 is 1. The van der Waals surface area contributed by atoms with Gasteiger partial charge in [0.25, 0.3) is 5.91 Å². The molecule has 0 unspecified atom stereocenters. The van der Waals surface area contributed by atoms with E-state index in [2.05, 4.69) is 5.32 Å². The summed E-state index contributed by atoms with van der Waals surface area (Å²) in [4.78, 5) is 24.7. The van der Waals surface area contributed by atoms with E-state index >= 15 is 0 Å². The van der Waals surface area contributed by atoms with E-state index in [0.717, 1.165) is 5.56 Å². The standard InChI is InChI=1S/C22H26N2O7S/c1-16(31-21(25)14-17-6-8-19(29-2)9-7-17)22(26)23-18-4-3-5-20(15-18)32(27,28)24-10-12-30-13-11-24/h3-9,15-16H,10-14H2,1-2H3,(H,23,26)/t16-/m1/s1. The van der Waals surface area contributed by atoms with E-state index < -0.39 is 28.0 Å². The van der Waals surface area contributed by atoms with Crippen LogP contribution in [0.25, 0.3) is 0 Å². The summed E-state index contributed by atoms with van der Waals surface area (Å²) in [6.45, 7) is 2.69. The number of carbonyl (C=O) groups excluding carboxylic acids is 2. The van der Waals surface area contributed by atoms with Gasteiger partial charge in [-0.05, 0) is 42.8 Å². The van der Waals surface area contributed by atoms with E-state index in [4.69, 9.17) is 14.2 Å². The van der Waals surface area contributed by atoms with Crippen LogP contribution in [0.15, 0.2) is 53.4 Å². The van der Waals surface area contributed by atoms with Gasteiger partial charge in [-0.2, -0.15) is 4.31 Å². The van der Waals surface area contributed by atoms with Crippen LogP contribution in [0, 0.1) is 0 Å². The Bertz CT molecular complexity index is 1050. The minimum Gasteiger partial charge on any atom is -0.497 e. The van der Waals surface area contributed by atoms with Gasteiger partial charge < -0.3 is 19.5 Å². The molecule has 1 aliphatic heterocycles. The lowest BCUT2D eigenvalue weighted by Crippen LogP contribution is -2.40. The van der Waals surface area contributed by atoms with Crippen molar-refractivity contribution in [2.24, 2.45) is 0 Å². The molecule has 0 aliphatic carbocycles.